The van der Waals surface area contributed by atoms with E-state index in [-0.39, 0.29) is 11.4 Å². The molecule has 4 rings (SSSR count). The average Bonchev–Trinajstić information content (AvgIpc) is 2.86. The number of aryl methyl sites for hydroxylation is 1. The van der Waals surface area contributed by atoms with Crippen LogP contribution in [0.5, 0.6) is 11.6 Å². The largest absolute Gasteiger partial charge is 0.444 e. The Hall–Kier alpha value is -4.23. The molecule has 0 saturated carbocycles. The first-order chi connectivity index (χ1) is 16.5. The molecule has 2 aromatic heterocycles. The number of hydrogen-bond acceptors (Lipinski definition) is 6. The molecule has 34 heavy (non-hydrogen) atoms. The molecular formula is C26H20ClN3O4. The Bertz CT molecular complexity index is 1300. The number of halogens is 1. The van der Waals surface area contributed by atoms with Gasteiger partial charge in [0.2, 0.25) is 12.0 Å². The summed E-state index contributed by atoms with van der Waals surface area (Å²) in [6.07, 6.45) is 3.37. The van der Waals surface area contributed by atoms with Gasteiger partial charge >= 0.3 is 5.97 Å². The number of hydrogen-bond donors (Lipinski definition) is 1. The van der Waals surface area contributed by atoms with Crippen LogP contribution in [0.25, 0.3) is 0 Å². The summed E-state index contributed by atoms with van der Waals surface area (Å²) in [5, 5.41) is 3.28. The minimum absolute atomic E-state index is 0.0398. The van der Waals surface area contributed by atoms with E-state index in [9.17, 15) is 9.59 Å². The molecular weight excluding hydrogens is 454 g/mol. The molecule has 0 fully saturated rings. The van der Waals surface area contributed by atoms with Crippen LogP contribution in [0.2, 0.25) is 5.02 Å². The van der Waals surface area contributed by atoms with Gasteiger partial charge in [-0.25, -0.2) is 9.78 Å². The van der Waals surface area contributed by atoms with E-state index in [0.717, 1.165) is 5.56 Å². The van der Waals surface area contributed by atoms with E-state index in [4.69, 9.17) is 21.1 Å². The van der Waals surface area contributed by atoms with E-state index < -0.39 is 18.0 Å². The number of nitrogens with zero attached hydrogens (tertiary/aromatic N) is 2. The van der Waals surface area contributed by atoms with Crippen molar-refractivity contribution >= 4 is 29.2 Å². The van der Waals surface area contributed by atoms with Crippen LogP contribution in [0.15, 0.2) is 91.4 Å². The Labute approximate surface area is 201 Å². The third-order valence-corrected chi connectivity index (χ3v) is 5.25. The molecule has 0 aliphatic heterocycles. The van der Waals surface area contributed by atoms with Gasteiger partial charge in [0, 0.05) is 28.7 Å². The number of amides is 1. The van der Waals surface area contributed by atoms with Gasteiger partial charge in [-0.1, -0.05) is 48.0 Å². The van der Waals surface area contributed by atoms with E-state index in [1.165, 1.54) is 18.5 Å². The monoisotopic (exact) mass is 473 g/mol. The fourth-order valence-corrected chi connectivity index (χ4v) is 3.28. The number of ether oxygens (including phenoxy) is 2. The molecule has 1 amide bonds. The standard InChI is InChI=1S/C26H20ClN3O4/c1-17-11-12-19(15-22(17)27)30-24(31)23(18-7-3-2-4-8-18)34-26(32)21-10-6-14-29-25(21)33-20-9-5-13-28-16-20/h2-16,23H,1H3,(H,30,31). The van der Waals surface area contributed by atoms with Crippen LogP contribution < -0.4 is 10.1 Å². The van der Waals surface area contributed by atoms with Crippen molar-refractivity contribution in [3.8, 4) is 11.6 Å². The molecule has 0 aliphatic rings. The molecule has 1 unspecified atom stereocenters. The molecule has 0 radical (unpaired) electrons. The smallest absolute Gasteiger partial charge is 0.344 e. The number of rotatable bonds is 7. The van der Waals surface area contributed by atoms with Crippen molar-refractivity contribution in [1.82, 2.24) is 9.97 Å². The average molecular weight is 474 g/mol. The highest BCUT2D eigenvalue weighted by Gasteiger charge is 2.28. The zero-order valence-electron chi connectivity index (χ0n) is 18.1. The van der Waals surface area contributed by atoms with Gasteiger partial charge in [-0.05, 0) is 48.9 Å². The van der Waals surface area contributed by atoms with Crippen molar-refractivity contribution < 1.29 is 19.1 Å². The summed E-state index contributed by atoms with van der Waals surface area (Å²) in [5.74, 6) is -0.849. The highest BCUT2D eigenvalue weighted by atomic mass is 35.5. The number of carbonyl (C=O) groups excluding carboxylic acids is 2. The van der Waals surface area contributed by atoms with E-state index in [2.05, 4.69) is 15.3 Å². The summed E-state index contributed by atoms with van der Waals surface area (Å²) in [7, 11) is 0. The van der Waals surface area contributed by atoms with Gasteiger partial charge in [0.05, 0.1) is 6.20 Å². The van der Waals surface area contributed by atoms with Crippen molar-refractivity contribution in [1.29, 1.82) is 0 Å². The second-order valence-corrected chi connectivity index (χ2v) is 7.70. The molecule has 0 bridgehead atoms. The molecule has 7 nitrogen and oxygen atoms in total. The number of benzene rings is 2. The normalized spacial score (nSPS) is 11.4. The van der Waals surface area contributed by atoms with Gasteiger partial charge in [-0.3, -0.25) is 9.78 Å². The molecule has 2 heterocycles. The first kappa shape index (κ1) is 22.9. The maximum Gasteiger partial charge on any atom is 0.344 e. The highest BCUT2D eigenvalue weighted by molar-refractivity contribution is 6.31. The Morgan fingerprint density at radius 3 is 2.50 bits per heavy atom. The topological polar surface area (TPSA) is 90.4 Å². The quantitative estimate of drug-likeness (QED) is 0.343. The van der Waals surface area contributed by atoms with Crippen molar-refractivity contribution in [2.24, 2.45) is 0 Å². The SMILES string of the molecule is Cc1ccc(NC(=O)C(OC(=O)c2cccnc2Oc2cccnc2)c2ccccc2)cc1Cl. The number of pyridine rings is 2. The van der Waals surface area contributed by atoms with Crippen molar-refractivity contribution in [2.75, 3.05) is 5.32 Å². The summed E-state index contributed by atoms with van der Waals surface area (Å²) in [4.78, 5) is 34.4. The summed E-state index contributed by atoms with van der Waals surface area (Å²) in [6, 6.07) is 20.4. The number of nitrogens with one attached hydrogen (secondary N) is 1. The van der Waals surface area contributed by atoms with Crippen LogP contribution in [0, 0.1) is 6.92 Å². The van der Waals surface area contributed by atoms with Gasteiger partial charge < -0.3 is 14.8 Å². The third-order valence-electron chi connectivity index (χ3n) is 4.84. The number of esters is 1. The summed E-state index contributed by atoms with van der Waals surface area (Å²) >= 11 is 6.18. The van der Waals surface area contributed by atoms with Crippen LogP contribution in [-0.4, -0.2) is 21.8 Å². The fourth-order valence-electron chi connectivity index (χ4n) is 3.10. The molecule has 0 saturated heterocycles. The van der Waals surface area contributed by atoms with E-state index in [0.29, 0.717) is 22.0 Å². The van der Waals surface area contributed by atoms with E-state index in [1.54, 1.807) is 72.9 Å². The van der Waals surface area contributed by atoms with E-state index in [1.807, 2.05) is 6.92 Å². The molecule has 0 aliphatic carbocycles. The lowest BCUT2D eigenvalue weighted by Crippen LogP contribution is -2.26. The molecule has 8 heteroatoms. The summed E-state index contributed by atoms with van der Waals surface area (Å²) in [5.41, 5.74) is 1.94. The zero-order valence-corrected chi connectivity index (χ0v) is 18.9. The first-order valence-corrected chi connectivity index (χ1v) is 10.7. The number of carbonyl (C=O) groups is 2. The molecule has 170 valence electrons. The van der Waals surface area contributed by atoms with Crippen LogP contribution in [0.3, 0.4) is 0 Å². The van der Waals surface area contributed by atoms with E-state index >= 15 is 0 Å². The number of anilines is 1. The van der Waals surface area contributed by atoms with Gasteiger partial charge in [-0.15, -0.1) is 0 Å². The summed E-state index contributed by atoms with van der Waals surface area (Å²) < 4.78 is 11.4. The second kappa shape index (κ2) is 10.6. The predicted octanol–water partition coefficient (Wildman–Crippen LogP) is 5.77. The molecule has 1 N–H and O–H groups in total. The number of aromatic nitrogens is 2. The Balaban J connectivity index is 1.59. The first-order valence-electron chi connectivity index (χ1n) is 10.4. The van der Waals surface area contributed by atoms with Crippen LogP contribution >= 0.6 is 11.6 Å². The lowest BCUT2D eigenvalue weighted by molar-refractivity contribution is -0.125. The van der Waals surface area contributed by atoms with Crippen molar-refractivity contribution in [2.45, 2.75) is 13.0 Å². The summed E-state index contributed by atoms with van der Waals surface area (Å²) in [6.45, 7) is 1.86. The van der Waals surface area contributed by atoms with Crippen LogP contribution in [0.1, 0.15) is 27.6 Å². The minimum atomic E-state index is -1.22. The maximum absolute atomic E-state index is 13.2. The predicted molar refractivity (Wildman–Crippen MR) is 128 cm³/mol. The Morgan fingerprint density at radius 2 is 1.76 bits per heavy atom. The Kier molecular flexibility index (Phi) is 7.15. The molecule has 0 spiro atoms. The molecule has 4 aromatic rings. The van der Waals surface area contributed by atoms with Gasteiger partial charge in [0.15, 0.2) is 0 Å². The van der Waals surface area contributed by atoms with Gasteiger partial charge in [0.25, 0.3) is 5.91 Å². The molecule has 2 aromatic carbocycles. The lowest BCUT2D eigenvalue weighted by Gasteiger charge is -2.19. The highest BCUT2D eigenvalue weighted by Crippen LogP contribution is 2.27. The Morgan fingerprint density at radius 1 is 0.971 bits per heavy atom. The van der Waals surface area contributed by atoms with Crippen molar-refractivity contribution in [3.05, 3.63) is 113 Å². The third kappa shape index (κ3) is 5.57. The van der Waals surface area contributed by atoms with Gasteiger partial charge in [-0.2, -0.15) is 0 Å². The second-order valence-electron chi connectivity index (χ2n) is 7.30. The van der Waals surface area contributed by atoms with Crippen molar-refractivity contribution in [3.63, 3.8) is 0 Å². The lowest BCUT2D eigenvalue weighted by atomic mass is 10.1. The maximum atomic E-state index is 13.2. The zero-order chi connectivity index (χ0) is 23.9. The van der Waals surface area contributed by atoms with Gasteiger partial charge in [0.1, 0.15) is 11.3 Å². The van der Waals surface area contributed by atoms with Crippen LogP contribution in [0.4, 0.5) is 5.69 Å². The molecule has 1 atom stereocenters. The van der Waals surface area contributed by atoms with Crippen LogP contribution in [-0.2, 0) is 9.53 Å². The minimum Gasteiger partial charge on any atom is -0.444 e. The fraction of sp³-hybridized carbons (Fsp3) is 0.0769.